The third-order valence-electron chi connectivity index (χ3n) is 1.46. The van der Waals surface area contributed by atoms with Crippen LogP contribution < -0.4 is 0 Å². The van der Waals surface area contributed by atoms with E-state index in [2.05, 4.69) is 15.7 Å². The van der Waals surface area contributed by atoms with Crippen molar-refractivity contribution >= 4 is 12.3 Å². The molecule has 0 unspecified atom stereocenters. The van der Waals surface area contributed by atoms with E-state index in [4.69, 9.17) is 0 Å². The first-order chi connectivity index (χ1) is 5.47. The first-order valence-electron chi connectivity index (χ1n) is 3.36. The number of aromatic nitrogens is 1. The van der Waals surface area contributed by atoms with Crippen molar-refractivity contribution in [2.75, 3.05) is 0 Å². The molecule has 0 fully saturated rings. The van der Waals surface area contributed by atoms with Crippen LogP contribution in [0.2, 0.25) is 0 Å². The quantitative estimate of drug-likeness (QED) is 0.505. The second-order valence-corrected chi connectivity index (χ2v) is 2.20. The first kappa shape index (κ1) is 6.08. The molecule has 0 bridgehead atoms. The lowest BCUT2D eigenvalue weighted by atomic mass is 10.2. The van der Waals surface area contributed by atoms with E-state index < -0.39 is 0 Å². The fraction of sp³-hybridized carbons (Fsp3) is 0. The zero-order chi connectivity index (χ0) is 7.52. The summed E-state index contributed by atoms with van der Waals surface area (Å²) in [4.78, 5) is 8.10. The van der Waals surface area contributed by atoms with Gasteiger partial charge in [-0.3, -0.25) is 9.98 Å². The molecule has 0 saturated carbocycles. The van der Waals surface area contributed by atoms with Gasteiger partial charge in [0.25, 0.3) is 0 Å². The molecule has 2 heterocycles. The molecule has 11 heavy (non-hydrogen) atoms. The molecule has 1 aromatic heterocycles. The topological polar surface area (TPSA) is 25.2 Å². The molecule has 2 nitrogen and oxygen atoms in total. The molecule has 2 rings (SSSR count). The van der Waals surface area contributed by atoms with Gasteiger partial charge in [-0.15, -0.1) is 5.73 Å². The van der Waals surface area contributed by atoms with Crippen LogP contribution in [0.3, 0.4) is 0 Å². The van der Waals surface area contributed by atoms with E-state index in [9.17, 15) is 0 Å². The van der Waals surface area contributed by atoms with Crippen LogP contribution in [0.5, 0.6) is 0 Å². The molecule has 0 N–H and O–H groups in total. The highest BCUT2D eigenvalue weighted by Crippen LogP contribution is 2.06. The smallest absolute Gasteiger partial charge is 0.0890 e. The molecular weight excluding hydrogens is 136 g/mol. The molecular formula is C9H6N2. The highest BCUT2D eigenvalue weighted by molar-refractivity contribution is 5.84. The van der Waals surface area contributed by atoms with Crippen LogP contribution in [0.4, 0.5) is 0 Å². The Kier molecular flexibility index (Phi) is 1.39. The van der Waals surface area contributed by atoms with Crippen molar-refractivity contribution in [3.63, 3.8) is 0 Å². The van der Waals surface area contributed by atoms with Gasteiger partial charge in [-0.1, -0.05) is 6.07 Å². The minimum absolute atomic E-state index is 0.897. The van der Waals surface area contributed by atoms with Gasteiger partial charge in [0.2, 0.25) is 0 Å². The summed E-state index contributed by atoms with van der Waals surface area (Å²) in [5.74, 6) is 0. The maximum absolute atomic E-state index is 4.14. The van der Waals surface area contributed by atoms with Crippen LogP contribution in [0.15, 0.2) is 35.3 Å². The zero-order valence-corrected chi connectivity index (χ0v) is 5.86. The van der Waals surface area contributed by atoms with E-state index in [0.717, 1.165) is 11.3 Å². The van der Waals surface area contributed by atoms with Gasteiger partial charge < -0.3 is 0 Å². The Morgan fingerprint density at radius 2 is 2.36 bits per heavy atom. The van der Waals surface area contributed by atoms with E-state index in [0.29, 0.717) is 0 Å². The Balaban J connectivity index is 2.67. The Hall–Kier alpha value is -1.66. The normalized spacial score (nSPS) is 12.7. The first-order valence-corrected chi connectivity index (χ1v) is 3.36. The van der Waals surface area contributed by atoms with E-state index in [1.165, 1.54) is 0 Å². The van der Waals surface area contributed by atoms with E-state index in [1.807, 2.05) is 18.2 Å². The van der Waals surface area contributed by atoms with Gasteiger partial charge in [0.1, 0.15) is 0 Å². The molecule has 1 aliphatic rings. The largest absolute Gasteiger partial charge is 0.255 e. The lowest BCUT2D eigenvalue weighted by Gasteiger charge is -1.93. The number of aliphatic imine (C=N–C) groups is 1. The van der Waals surface area contributed by atoms with Gasteiger partial charge in [-0.25, -0.2) is 0 Å². The summed E-state index contributed by atoms with van der Waals surface area (Å²) in [6.07, 6.45) is 6.98. The van der Waals surface area contributed by atoms with Crippen LogP contribution >= 0.6 is 0 Å². The summed E-state index contributed by atoms with van der Waals surface area (Å²) in [6, 6.07) is 3.89. The van der Waals surface area contributed by atoms with Gasteiger partial charge in [0, 0.05) is 11.8 Å². The SMILES string of the molecule is C1=CN=Cc2ncccc2C=1. The number of rotatable bonds is 0. The van der Waals surface area contributed by atoms with Crippen molar-refractivity contribution in [1.82, 2.24) is 4.98 Å². The third kappa shape index (κ3) is 1.11. The second-order valence-electron chi connectivity index (χ2n) is 2.20. The van der Waals surface area contributed by atoms with Gasteiger partial charge in [-0.2, -0.15) is 0 Å². The third-order valence-corrected chi connectivity index (χ3v) is 1.46. The van der Waals surface area contributed by atoms with Crippen molar-refractivity contribution in [3.05, 3.63) is 41.5 Å². The maximum Gasteiger partial charge on any atom is 0.0890 e. The molecule has 52 valence electrons. The summed E-state index contributed by atoms with van der Waals surface area (Å²) in [5.41, 5.74) is 4.87. The summed E-state index contributed by atoms with van der Waals surface area (Å²) >= 11 is 0. The Labute approximate surface area is 64.6 Å². The van der Waals surface area contributed by atoms with Crippen molar-refractivity contribution in [2.45, 2.75) is 0 Å². The highest BCUT2D eigenvalue weighted by Gasteiger charge is 1.96. The average molecular weight is 142 g/mol. The van der Waals surface area contributed by atoms with Crippen LogP contribution in [-0.4, -0.2) is 11.2 Å². The van der Waals surface area contributed by atoms with Gasteiger partial charge in [-0.05, 0) is 12.1 Å². The molecule has 0 atom stereocenters. The lowest BCUT2D eigenvalue weighted by molar-refractivity contribution is 1.29. The van der Waals surface area contributed by atoms with Crippen molar-refractivity contribution in [2.24, 2.45) is 4.99 Å². The Bertz CT molecular complexity index is 358. The molecule has 0 aliphatic carbocycles. The molecule has 2 heteroatoms. The number of nitrogens with zero attached hydrogens (tertiary/aromatic N) is 2. The highest BCUT2D eigenvalue weighted by atomic mass is 14.7. The summed E-state index contributed by atoms with van der Waals surface area (Å²) < 4.78 is 0. The van der Waals surface area contributed by atoms with E-state index in [1.54, 1.807) is 18.6 Å². The summed E-state index contributed by atoms with van der Waals surface area (Å²) in [6.45, 7) is 0. The van der Waals surface area contributed by atoms with E-state index >= 15 is 0 Å². The Morgan fingerprint density at radius 1 is 1.36 bits per heavy atom. The minimum Gasteiger partial charge on any atom is -0.255 e. The Morgan fingerprint density at radius 3 is 3.36 bits per heavy atom. The number of pyridine rings is 1. The lowest BCUT2D eigenvalue weighted by Crippen LogP contribution is -1.88. The predicted molar refractivity (Wildman–Crippen MR) is 44.4 cm³/mol. The molecule has 0 amide bonds. The molecule has 0 aromatic carbocycles. The van der Waals surface area contributed by atoms with Crippen molar-refractivity contribution in [3.8, 4) is 0 Å². The van der Waals surface area contributed by atoms with Crippen LogP contribution in [-0.2, 0) is 0 Å². The van der Waals surface area contributed by atoms with Crippen LogP contribution in [0, 0.1) is 0 Å². The van der Waals surface area contributed by atoms with Gasteiger partial charge in [0.05, 0.1) is 18.1 Å². The van der Waals surface area contributed by atoms with Crippen LogP contribution in [0.1, 0.15) is 11.3 Å². The fourth-order valence-electron chi connectivity index (χ4n) is 0.938. The number of hydrogen-bond donors (Lipinski definition) is 0. The predicted octanol–water partition coefficient (Wildman–Crippen LogP) is 1.64. The summed E-state index contributed by atoms with van der Waals surface area (Å²) in [5, 5.41) is 0. The van der Waals surface area contributed by atoms with Crippen molar-refractivity contribution < 1.29 is 0 Å². The van der Waals surface area contributed by atoms with Crippen LogP contribution in [0.25, 0.3) is 6.08 Å². The standard InChI is InChI=1S/C9H6N2/c1-3-8-4-2-6-11-9(8)7-10-5-1/h2-7H. The summed E-state index contributed by atoms with van der Waals surface area (Å²) in [7, 11) is 0. The molecule has 1 aliphatic heterocycles. The second kappa shape index (κ2) is 2.52. The monoisotopic (exact) mass is 142 g/mol. The molecule has 0 radical (unpaired) electrons. The average Bonchev–Trinajstić information content (AvgIpc) is 2.28. The maximum atomic E-state index is 4.14. The molecule has 0 spiro atoms. The zero-order valence-electron chi connectivity index (χ0n) is 5.86. The minimum atomic E-state index is 0.897. The fourth-order valence-corrected chi connectivity index (χ4v) is 0.938. The number of hydrogen-bond acceptors (Lipinski definition) is 2. The van der Waals surface area contributed by atoms with Gasteiger partial charge >= 0.3 is 0 Å². The van der Waals surface area contributed by atoms with E-state index in [-0.39, 0.29) is 0 Å². The van der Waals surface area contributed by atoms with Crippen molar-refractivity contribution in [1.29, 1.82) is 0 Å². The van der Waals surface area contributed by atoms with Gasteiger partial charge in [0.15, 0.2) is 0 Å². The molecule has 1 aromatic rings. The molecule has 0 saturated heterocycles. The number of fused-ring (bicyclic) bond motifs is 1.